The lowest BCUT2D eigenvalue weighted by molar-refractivity contribution is 0.0773. The maximum Gasteiger partial charge on any atom is 0.253 e. The molecular weight excluding hydrogens is 268 g/mol. The lowest BCUT2D eigenvalue weighted by atomic mass is 10.1. The average Bonchev–Trinajstić information content (AvgIpc) is 2.50. The quantitative estimate of drug-likeness (QED) is 0.902. The molecule has 110 valence electrons. The Morgan fingerprint density at radius 1 is 1.30 bits per heavy atom. The molecule has 4 heteroatoms. The zero-order valence-corrected chi connectivity index (χ0v) is 13.2. The highest BCUT2D eigenvalue weighted by molar-refractivity contribution is 7.99. The number of amides is 1. The van der Waals surface area contributed by atoms with Gasteiger partial charge in [0.25, 0.3) is 5.91 Å². The maximum absolute atomic E-state index is 12.2. The van der Waals surface area contributed by atoms with Crippen molar-refractivity contribution in [2.24, 2.45) is 0 Å². The second-order valence-electron chi connectivity index (χ2n) is 5.11. The van der Waals surface area contributed by atoms with Crippen LogP contribution in [0.2, 0.25) is 0 Å². The molecule has 0 aliphatic carbocycles. The molecule has 1 aromatic carbocycles. The van der Waals surface area contributed by atoms with Crippen molar-refractivity contribution in [1.29, 1.82) is 0 Å². The van der Waals surface area contributed by atoms with Gasteiger partial charge in [0, 0.05) is 36.1 Å². The number of carbonyl (C=O) groups is 1. The summed E-state index contributed by atoms with van der Waals surface area (Å²) in [6.45, 7) is 5.54. The van der Waals surface area contributed by atoms with Crippen LogP contribution in [-0.4, -0.2) is 41.4 Å². The fraction of sp³-hybridized carbons (Fsp3) is 0.562. The van der Waals surface area contributed by atoms with E-state index in [1.807, 2.05) is 54.8 Å². The molecule has 1 saturated heterocycles. The molecule has 2 rings (SSSR count). The van der Waals surface area contributed by atoms with Crippen molar-refractivity contribution in [3.8, 4) is 0 Å². The summed E-state index contributed by atoms with van der Waals surface area (Å²) < 4.78 is 0. The van der Waals surface area contributed by atoms with Crippen molar-refractivity contribution in [1.82, 2.24) is 4.90 Å². The topological polar surface area (TPSA) is 32.3 Å². The van der Waals surface area contributed by atoms with E-state index < -0.39 is 0 Å². The number of carbonyl (C=O) groups excluding carboxylic acids is 1. The smallest absolute Gasteiger partial charge is 0.253 e. The standard InChI is InChI=1S/C16H24N2OS/c1-3-18(4-2)16(19)13-7-9-14(10-8-13)17-15-6-5-11-20-12-15/h7-10,15,17H,3-6,11-12H2,1-2H3/t15-/m0/s1. The van der Waals surface area contributed by atoms with Crippen LogP contribution < -0.4 is 5.32 Å². The zero-order chi connectivity index (χ0) is 14.4. The third kappa shape index (κ3) is 3.92. The van der Waals surface area contributed by atoms with Gasteiger partial charge < -0.3 is 10.2 Å². The maximum atomic E-state index is 12.2. The van der Waals surface area contributed by atoms with Gasteiger partial charge in [-0.1, -0.05) is 0 Å². The monoisotopic (exact) mass is 292 g/mol. The molecule has 3 nitrogen and oxygen atoms in total. The van der Waals surface area contributed by atoms with E-state index in [-0.39, 0.29) is 5.91 Å². The van der Waals surface area contributed by atoms with Crippen molar-refractivity contribution in [2.45, 2.75) is 32.7 Å². The molecule has 0 unspecified atom stereocenters. The molecular formula is C16H24N2OS. The molecule has 1 amide bonds. The van der Waals surface area contributed by atoms with Gasteiger partial charge >= 0.3 is 0 Å². The molecule has 1 aromatic rings. The van der Waals surface area contributed by atoms with Gasteiger partial charge in [-0.25, -0.2) is 0 Å². The van der Waals surface area contributed by atoms with Crippen molar-refractivity contribution < 1.29 is 4.79 Å². The first kappa shape index (κ1) is 15.2. The summed E-state index contributed by atoms with van der Waals surface area (Å²) in [5.74, 6) is 2.59. The Morgan fingerprint density at radius 2 is 2.00 bits per heavy atom. The van der Waals surface area contributed by atoms with Crippen molar-refractivity contribution in [3.05, 3.63) is 29.8 Å². The minimum atomic E-state index is 0.120. The van der Waals surface area contributed by atoms with Gasteiger partial charge in [-0.2, -0.15) is 11.8 Å². The van der Waals surface area contributed by atoms with Crippen LogP contribution in [0.4, 0.5) is 5.69 Å². The number of hydrogen-bond acceptors (Lipinski definition) is 3. The number of anilines is 1. The molecule has 20 heavy (non-hydrogen) atoms. The molecule has 0 bridgehead atoms. The molecule has 1 fully saturated rings. The first-order chi connectivity index (χ1) is 9.74. The normalized spacial score (nSPS) is 18.6. The summed E-state index contributed by atoms with van der Waals surface area (Å²) in [5, 5.41) is 3.56. The number of hydrogen-bond donors (Lipinski definition) is 1. The van der Waals surface area contributed by atoms with Crippen LogP contribution in [0, 0.1) is 0 Å². The second kappa shape index (κ2) is 7.58. The molecule has 1 N–H and O–H groups in total. The summed E-state index contributed by atoms with van der Waals surface area (Å²) in [4.78, 5) is 14.1. The fourth-order valence-corrected chi connectivity index (χ4v) is 3.56. The molecule has 0 aromatic heterocycles. The highest BCUT2D eigenvalue weighted by Crippen LogP contribution is 2.21. The Bertz CT molecular complexity index is 423. The van der Waals surface area contributed by atoms with Crippen LogP contribution in [-0.2, 0) is 0 Å². The average molecular weight is 292 g/mol. The molecule has 0 spiro atoms. The highest BCUT2D eigenvalue weighted by atomic mass is 32.2. The summed E-state index contributed by atoms with van der Waals surface area (Å²) >= 11 is 2.02. The van der Waals surface area contributed by atoms with E-state index in [1.54, 1.807) is 0 Å². The van der Waals surface area contributed by atoms with Crippen LogP contribution in [0.1, 0.15) is 37.0 Å². The summed E-state index contributed by atoms with van der Waals surface area (Å²) in [5.41, 5.74) is 1.89. The Balaban J connectivity index is 1.96. The summed E-state index contributed by atoms with van der Waals surface area (Å²) in [6.07, 6.45) is 2.54. The van der Waals surface area contributed by atoms with E-state index in [0.717, 1.165) is 24.3 Å². The number of nitrogens with one attached hydrogen (secondary N) is 1. The number of rotatable bonds is 5. The van der Waals surface area contributed by atoms with Gasteiger partial charge in [-0.05, 0) is 56.7 Å². The Kier molecular flexibility index (Phi) is 5.77. The first-order valence-electron chi connectivity index (χ1n) is 7.48. The lowest BCUT2D eigenvalue weighted by Crippen LogP contribution is -2.30. The van der Waals surface area contributed by atoms with Gasteiger partial charge in [-0.3, -0.25) is 4.79 Å². The molecule has 0 saturated carbocycles. The third-order valence-electron chi connectivity index (χ3n) is 3.71. The Labute approximate surface area is 126 Å². The van der Waals surface area contributed by atoms with E-state index in [2.05, 4.69) is 5.32 Å². The van der Waals surface area contributed by atoms with Crippen molar-refractivity contribution in [3.63, 3.8) is 0 Å². The largest absolute Gasteiger partial charge is 0.381 e. The van der Waals surface area contributed by atoms with E-state index >= 15 is 0 Å². The predicted molar refractivity (Wildman–Crippen MR) is 87.7 cm³/mol. The zero-order valence-electron chi connectivity index (χ0n) is 12.4. The van der Waals surface area contributed by atoms with E-state index in [9.17, 15) is 4.79 Å². The molecule has 1 aliphatic rings. The second-order valence-corrected chi connectivity index (χ2v) is 6.26. The van der Waals surface area contributed by atoms with E-state index in [1.165, 1.54) is 24.3 Å². The molecule has 1 atom stereocenters. The summed E-state index contributed by atoms with van der Waals surface area (Å²) in [7, 11) is 0. The van der Waals surface area contributed by atoms with Crippen LogP contribution in [0.25, 0.3) is 0 Å². The highest BCUT2D eigenvalue weighted by Gasteiger charge is 2.14. The van der Waals surface area contributed by atoms with Crippen LogP contribution in [0.15, 0.2) is 24.3 Å². The number of thioether (sulfide) groups is 1. The minimum absolute atomic E-state index is 0.120. The first-order valence-corrected chi connectivity index (χ1v) is 8.63. The van der Waals surface area contributed by atoms with Crippen molar-refractivity contribution in [2.75, 3.05) is 29.9 Å². The van der Waals surface area contributed by atoms with Crippen molar-refractivity contribution >= 4 is 23.4 Å². The predicted octanol–water partition coefficient (Wildman–Crippen LogP) is 3.48. The van der Waals surface area contributed by atoms with Gasteiger partial charge in [0.1, 0.15) is 0 Å². The van der Waals surface area contributed by atoms with Gasteiger partial charge in [-0.15, -0.1) is 0 Å². The van der Waals surface area contributed by atoms with Gasteiger partial charge in [0.05, 0.1) is 0 Å². The van der Waals surface area contributed by atoms with E-state index in [0.29, 0.717) is 6.04 Å². The molecule has 1 heterocycles. The fourth-order valence-electron chi connectivity index (χ4n) is 2.49. The van der Waals surface area contributed by atoms with Crippen LogP contribution >= 0.6 is 11.8 Å². The Morgan fingerprint density at radius 3 is 2.55 bits per heavy atom. The number of benzene rings is 1. The van der Waals surface area contributed by atoms with E-state index in [4.69, 9.17) is 0 Å². The third-order valence-corrected chi connectivity index (χ3v) is 4.93. The Hall–Kier alpha value is -1.16. The minimum Gasteiger partial charge on any atom is -0.381 e. The van der Waals surface area contributed by atoms with Crippen LogP contribution in [0.5, 0.6) is 0 Å². The van der Waals surface area contributed by atoms with Gasteiger partial charge in [0.2, 0.25) is 0 Å². The lowest BCUT2D eigenvalue weighted by Gasteiger charge is -2.24. The molecule has 0 radical (unpaired) electrons. The SMILES string of the molecule is CCN(CC)C(=O)c1ccc(N[C@H]2CCCSC2)cc1. The molecule has 1 aliphatic heterocycles. The van der Waals surface area contributed by atoms with Crippen LogP contribution in [0.3, 0.4) is 0 Å². The number of nitrogens with zero attached hydrogens (tertiary/aromatic N) is 1. The van der Waals surface area contributed by atoms with Gasteiger partial charge in [0.15, 0.2) is 0 Å². The summed E-state index contributed by atoms with van der Waals surface area (Å²) in [6, 6.07) is 8.47.